The maximum atomic E-state index is 13.2. The van der Waals surface area contributed by atoms with Crippen molar-refractivity contribution < 1.29 is 43.6 Å². The molecule has 0 aromatic heterocycles. The summed E-state index contributed by atoms with van der Waals surface area (Å²) in [5, 5.41) is 31.0. The van der Waals surface area contributed by atoms with Gasteiger partial charge in [-0.05, 0) is 59.2 Å². The van der Waals surface area contributed by atoms with Crippen LogP contribution in [0.25, 0.3) is 0 Å². The first-order chi connectivity index (χ1) is 24.2. The number of amides is 4. The molecule has 50 heavy (non-hydrogen) atoms. The van der Waals surface area contributed by atoms with E-state index in [2.05, 4.69) is 26.5 Å². The van der Waals surface area contributed by atoms with Gasteiger partial charge in [-0.25, -0.2) is 10.2 Å². The number of nitrogens with zero attached hydrogens (tertiary/aromatic N) is 1. The first-order valence-electron chi connectivity index (χ1n) is 15.4. The van der Waals surface area contributed by atoms with Gasteiger partial charge in [0.2, 0.25) is 5.91 Å². The molecule has 0 saturated heterocycles. The summed E-state index contributed by atoms with van der Waals surface area (Å²) in [5.74, 6) is -1.26. The minimum absolute atomic E-state index is 0.0122. The zero-order valence-corrected chi connectivity index (χ0v) is 27.1. The highest BCUT2D eigenvalue weighted by atomic mass is 16.5. The van der Waals surface area contributed by atoms with Crippen molar-refractivity contribution in [1.29, 1.82) is 0 Å². The summed E-state index contributed by atoms with van der Waals surface area (Å²) in [6.07, 6.45) is 0.392. The number of aliphatic hydroxyl groups excluding tert-OH is 1. The van der Waals surface area contributed by atoms with Gasteiger partial charge in [-0.3, -0.25) is 14.4 Å². The number of carbonyl (C=O) groups excluding carboxylic acids is 4. The smallest absolute Gasteiger partial charge is 0.408 e. The summed E-state index contributed by atoms with van der Waals surface area (Å²) in [5.41, 5.74) is 4.86. The van der Waals surface area contributed by atoms with Gasteiger partial charge in [0, 0.05) is 12.1 Å². The highest BCUT2D eigenvalue weighted by Gasteiger charge is 2.27. The zero-order chi connectivity index (χ0) is 35.7. The quantitative estimate of drug-likeness (QED) is 0.0760. The summed E-state index contributed by atoms with van der Waals surface area (Å²) >= 11 is 0. The number of nitrogens with one attached hydrogen (secondary N) is 4. The molecule has 2 atom stereocenters. The number of hydrazone groups is 1. The lowest BCUT2D eigenvalue weighted by Gasteiger charge is -2.21. The second kappa shape index (κ2) is 18.8. The minimum atomic E-state index is -1.42. The van der Waals surface area contributed by atoms with Crippen molar-refractivity contribution in [2.75, 3.05) is 25.6 Å². The lowest BCUT2D eigenvalue weighted by molar-refractivity contribution is -0.130. The second-order valence-corrected chi connectivity index (χ2v) is 10.7. The molecule has 0 radical (unpaired) electrons. The number of phenols is 1. The standard InChI is InChI=1S/C36H37N5O9/c1-48-32-19-26(14-17-31(32)49-23-33(44)38-27-10-6-3-7-11-27)20-37-41-35(46)29(18-24-12-15-28(43)16-13-24)39-34(45)30(21-42)40-36(47)50-22-25-8-4-2-5-9-25/h2-17,19-20,29-30,42-43H,18,21-23H2,1H3,(H,38,44)(H,39,45)(H,40,47)(H,41,46)/b37-20-/t29-,30-/m0/s1. The number of hydrogen-bond donors (Lipinski definition) is 6. The van der Waals surface area contributed by atoms with Crippen molar-refractivity contribution in [3.63, 3.8) is 0 Å². The van der Waals surface area contributed by atoms with Gasteiger partial charge in [-0.1, -0.05) is 60.7 Å². The van der Waals surface area contributed by atoms with Crippen molar-refractivity contribution in [3.8, 4) is 17.2 Å². The largest absolute Gasteiger partial charge is 0.508 e. The molecular weight excluding hydrogens is 646 g/mol. The third-order valence-electron chi connectivity index (χ3n) is 7.01. The van der Waals surface area contributed by atoms with E-state index >= 15 is 0 Å². The van der Waals surface area contributed by atoms with Gasteiger partial charge in [0.15, 0.2) is 18.1 Å². The minimum Gasteiger partial charge on any atom is -0.508 e. The Balaban J connectivity index is 1.36. The molecule has 4 rings (SSSR count). The predicted molar refractivity (Wildman–Crippen MR) is 184 cm³/mol. The molecule has 14 heteroatoms. The Hall–Kier alpha value is -6.41. The predicted octanol–water partition coefficient (Wildman–Crippen LogP) is 2.88. The number of rotatable bonds is 16. The number of alkyl carbamates (subject to hydrolysis) is 1. The molecule has 0 unspecified atom stereocenters. The molecule has 4 aromatic carbocycles. The molecule has 0 bridgehead atoms. The van der Waals surface area contributed by atoms with Crippen LogP contribution in [0.5, 0.6) is 17.2 Å². The van der Waals surface area contributed by atoms with Crippen LogP contribution in [0.4, 0.5) is 10.5 Å². The Morgan fingerprint density at radius 1 is 0.800 bits per heavy atom. The van der Waals surface area contributed by atoms with Crippen LogP contribution in [-0.2, 0) is 32.1 Å². The average molecular weight is 684 g/mol. The van der Waals surface area contributed by atoms with Crippen molar-refractivity contribution >= 4 is 35.7 Å². The van der Waals surface area contributed by atoms with E-state index in [0.29, 0.717) is 28.3 Å². The SMILES string of the molecule is COc1cc(/C=N\NC(=O)[C@H](Cc2ccc(O)cc2)NC(=O)[C@H](CO)NC(=O)OCc2ccccc2)ccc1OCC(=O)Nc1ccccc1. The first kappa shape index (κ1) is 36.4. The molecule has 0 aliphatic heterocycles. The Labute approximate surface area is 288 Å². The molecule has 0 spiro atoms. The molecule has 0 aliphatic rings. The number of para-hydroxylation sites is 1. The molecule has 0 fully saturated rings. The van der Waals surface area contributed by atoms with Gasteiger partial charge in [0.1, 0.15) is 24.4 Å². The fourth-order valence-electron chi connectivity index (χ4n) is 4.44. The van der Waals surface area contributed by atoms with Gasteiger partial charge in [-0.15, -0.1) is 0 Å². The zero-order valence-electron chi connectivity index (χ0n) is 27.1. The van der Waals surface area contributed by atoms with E-state index in [1.165, 1.54) is 25.5 Å². The number of aromatic hydroxyl groups is 1. The van der Waals surface area contributed by atoms with Crippen LogP contribution >= 0.6 is 0 Å². The number of methoxy groups -OCH3 is 1. The monoisotopic (exact) mass is 683 g/mol. The summed E-state index contributed by atoms with van der Waals surface area (Å²) in [4.78, 5) is 50.9. The van der Waals surface area contributed by atoms with E-state index in [-0.39, 0.29) is 31.3 Å². The van der Waals surface area contributed by atoms with E-state index in [1.807, 2.05) is 12.1 Å². The van der Waals surface area contributed by atoms with E-state index in [9.17, 15) is 29.4 Å². The number of ether oxygens (including phenoxy) is 3. The molecule has 6 N–H and O–H groups in total. The third kappa shape index (κ3) is 11.7. The van der Waals surface area contributed by atoms with E-state index in [0.717, 1.165) is 5.56 Å². The Morgan fingerprint density at radius 2 is 1.50 bits per heavy atom. The molecule has 4 aromatic rings. The van der Waals surface area contributed by atoms with Gasteiger partial charge in [0.25, 0.3) is 11.8 Å². The van der Waals surface area contributed by atoms with Crippen LogP contribution in [0.1, 0.15) is 16.7 Å². The lowest BCUT2D eigenvalue weighted by atomic mass is 10.0. The molecule has 0 heterocycles. The highest BCUT2D eigenvalue weighted by molar-refractivity contribution is 5.93. The number of anilines is 1. The van der Waals surface area contributed by atoms with Crippen LogP contribution in [0, 0.1) is 0 Å². The lowest BCUT2D eigenvalue weighted by Crippen LogP contribution is -2.55. The molecule has 260 valence electrons. The van der Waals surface area contributed by atoms with Gasteiger partial charge in [-0.2, -0.15) is 5.10 Å². The number of carbonyl (C=O) groups is 4. The number of phenolic OH excluding ortho intramolecular Hbond substituents is 1. The number of hydrogen-bond acceptors (Lipinski definition) is 10. The summed E-state index contributed by atoms with van der Waals surface area (Å²) in [6.45, 7) is -1.08. The fourth-order valence-corrected chi connectivity index (χ4v) is 4.44. The summed E-state index contributed by atoms with van der Waals surface area (Å²) < 4.78 is 16.1. The van der Waals surface area contributed by atoms with Gasteiger partial charge in [0.05, 0.1) is 19.9 Å². The van der Waals surface area contributed by atoms with Crippen LogP contribution < -0.4 is 30.8 Å². The van der Waals surface area contributed by atoms with E-state index in [1.54, 1.807) is 78.9 Å². The van der Waals surface area contributed by atoms with Crippen LogP contribution in [0.3, 0.4) is 0 Å². The topological polar surface area (TPSA) is 197 Å². The number of aliphatic hydroxyl groups is 1. The first-order valence-corrected chi connectivity index (χ1v) is 15.4. The Bertz CT molecular complexity index is 1750. The summed E-state index contributed by atoms with van der Waals surface area (Å²) in [6, 6.07) is 26.0. The fraction of sp³-hybridized carbons (Fsp3) is 0.194. The molecule has 0 aliphatic carbocycles. The Morgan fingerprint density at radius 3 is 2.18 bits per heavy atom. The van der Waals surface area contributed by atoms with Crippen molar-refractivity contribution in [2.45, 2.75) is 25.1 Å². The second-order valence-electron chi connectivity index (χ2n) is 10.7. The van der Waals surface area contributed by atoms with Crippen molar-refractivity contribution in [3.05, 3.63) is 120 Å². The highest BCUT2D eigenvalue weighted by Crippen LogP contribution is 2.27. The van der Waals surface area contributed by atoms with Gasteiger partial charge >= 0.3 is 6.09 Å². The van der Waals surface area contributed by atoms with E-state index < -0.39 is 36.6 Å². The Kier molecular flexibility index (Phi) is 13.7. The third-order valence-corrected chi connectivity index (χ3v) is 7.01. The van der Waals surface area contributed by atoms with Crippen LogP contribution in [0.2, 0.25) is 0 Å². The summed E-state index contributed by atoms with van der Waals surface area (Å²) in [7, 11) is 1.43. The van der Waals surface area contributed by atoms with Crippen LogP contribution in [-0.4, -0.2) is 72.6 Å². The van der Waals surface area contributed by atoms with E-state index in [4.69, 9.17) is 14.2 Å². The van der Waals surface area contributed by atoms with Crippen molar-refractivity contribution in [2.24, 2.45) is 5.10 Å². The molecule has 0 saturated carbocycles. The maximum Gasteiger partial charge on any atom is 0.408 e. The van der Waals surface area contributed by atoms with Crippen molar-refractivity contribution in [1.82, 2.24) is 16.1 Å². The number of benzene rings is 4. The van der Waals surface area contributed by atoms with Crippen LogP contribution in [0.15, 0.2) is 108 Å². The van der Waals surface area contributed by atoms with Gasteiger partial charge < -0.3 is 40.4 Å². The normalized spacial score (nSPS) is 11.9. The maximum absolute atomic E-state index is 13.2. The molecular formula is C36H37N5O9. The molecule has 14 nitrogen and oxygen atoms in total. The average Bonchev–Trinajstić information content (AvgIpc) is 3.13. The molecule has 4 amide bonds.